The normalized spacial score (nSPS) is 13.5. The van der Waals surface area contributed by atoms with Gasteiger partial charge in [0.1, 0.15) is 6.29 Å². The molecule has 1 rings (SSSR count). The predicted octanol–water partition coefficient (Wildman–Crippen LogP) is 2.31. The Labute approximate surface area is 98.1 Å². The zero-order valence-electron chi connectivity index (χ0n) is 10.6. The Morgan fingerprint density at radius 3 is 2.19 bits per heavy atom. The summed E-state index contributed by atoms with van der Waals surface area (Å²) in [7, 11) is 1.81. The molecular weight excluding hydrogens is 198 g/mol. The van der Waals surface area contributed by atoms with Gasteiger partial charge in [0.05, 0.1) is 6.04 Å². The van der Waals surface area contributed by atoms with E-state index in [1.807, 2.05) is 7.05 Å². The highest BCUT2D eigenvalue weighted by atomic mass is 16.1. The molecular formula is C14H21NO. The Kier molecular flexibility index (Phi) is 4.25. The molecule has 0 aromatic heterocycles. The van der Waals surface area contributed by atoms with Crippen LogP contribution in [0.15, 0.2) is 24.3 Å². The molecule has 0 saturated carbocycles. The zero-order valence-corrected chi connectivity index (χ0v) is 10.6. The molecule has 0 radical (unpaired) electrons. The molecule has 0 fully saturated rings. The van der Waals surface area contributed by atoms with Crippen molar-refractivity contribution in [2.24, 2.45) is 0 Å². The van der Waals surface area contributed by atoms with Crippen molar-refractivity contribution < 1.29 is 4.79 Å². The van der Waals surface area contributed by atoms with Gasteiger partial charge in [-0.2, -0.15) is 0 Å². The summed E-state index contributed by atoms with van der Waals surface area (Å²) in [6.45, 7) is 6.59. The van der Waals surface area contributed by atoms with Crippen LogP contribution in [0.2, 0.25) is 0 Å². The van der Waals surface area contributed by atoms with Gasteiger partial charge in [0.25, 0.3) is 0 Å². The van der Waals surface area contributed by atoms with Crippen LogP contribution in [0.3, 0.4) is 0 Å². The highest BCUT2D eigenvalue weighted by Crippen LogP contribution is 2.22. The van der Waals surface area contributed by atoms with Crippen molar-refractivity contribution in [1.29, 1.82) is 0 Å². The number of likely N-dealkylation sites (N-methyl/N-ethyl adjacent to an activating group) is 1. The molecule has 0 aliphatic rings. The lowest BCUT2D eigenvalue weighted by molar-refractivity contribution is -0.109. The van der Waals surface area contributed by atoms with Crippen LogP contribution in [-0.4, -0.2) is 19.4 Å². The number of carbonyl (C=O) groups excluding carboxylic acids is 1. The second-order valence-corrected chi connectivity index (χ2v) is 5.18. The SMILES string of the molecule is CN[C@H](C=O)Cc1ccc(C(C)(C)C)cc1. The summed E-state index contributed by atoms with van der Waals surface area (Å²) >= 11 is 0. The Bertz CT molecular complexity index is 335. The van der Waals surface area contributed by atoms with Gasteiger partial charge < -0.3 is 10.1 Å². The van der Waals surface area contributed by atoms with Crippen LogP contribution in [0.5, 0.6) is 0 Å². The largest absolute Gasteiger partial charge is 0.311 e. The number of aldehydes is 1. The first kappa shape index (κ1) is 12.9. The van der Waals surface area contributed by atoms with E-state index in [0.29, 0.717) is 0 Å². The van der Waals surface area contributed by atoms with Crippen molar-refractivity contribution in [1.82, 2.24) is 5.32 Å². The van der Waals surface area contributed by atoms with Crippen molar-refractivity contribution in [2.75, 3.05) is 7.05 Å². The molecule has 88 valence electrons. The van der Waals surface area contributed by atoms with Gasteiger partial charge in [-0.05, 0) is 30.0 Å². The quantitative estimate of drug-likeness (QED) is 0.787. The van der Waals surface area contributed by atoms with E-state index >= 15 is 0 Å². The molecule has 1 N–H and O–H groups in total. The standard InChI is InChI=1S/C14H21NO/c1-14(2,3)12-7-5-11(6-8-12)9-13(10-16)15-4/h5-8,10,13,15H,9H2,1-4H3/t13-/m0/s1. The molecule has 0 saturated heterocycles. The summed E-state index contributed by atoms with van der Waals surface area (Å²) in [5.74, 6) is 0. The van der Waals surface area contributed by atoms with Crippen molar-refractivity contribution in [3.05, 3.63) is 35.4 Å². The van der Waals surface area contributed by atoms with Gasteiger partial charge in [0.15, 0.2) is 0 Å². The van der Waals surface area contributed by atoms with Crippen LogP contribution in [0, 0.1) is 0 Å². The summed E-state index contributed by atoms with van der Waals surface area (Å²) < 4.78 is 0. The third-order valence-electron chi connectivity index (χ3n) is 2.81. The van der Waals surface area contributed by atoms with Crippen LogP contribution in [0.25, 0.3) is 0 Å². The van der Waals surface area contributed by atoms with E-state index in [0.717, 1.165) is 12.7 Å². The van der Waals surface area contributed by atoms with Gasteiger partial charge in [0.2, 0.25) is 0 Å². The Balaban J connectivity index is 2.75. The molecule has 2 nitrogen and oxygen atoms in total. The fraction of sp³-hybridized carbons (Fsp3) is 0.500. The number of hydrogen-bond donors (Lipinski definition) is 1. The van der Waals surface area contributed by atoms with Crippen LogP contribution in [-0.2, 0) is 16.6 Å². The first-order valence-corrected chi connectivity index (χ1v) is 5.69. The highest BCUT2D eigenvalue weighted by molar-refractivity contribution is 5.58. The molecule has 1 atom stereocenters. The molecule has 1 aromatic carbocycles. The summed E-state index contributed by atoms with van der Waals surface area (Å²) in [5, 5.41) is 2.98. The van der Waals surface area contributed by atoms with Gasteiger partial charge in [-0.3, -0.25) is 0 Å². The lowest BCUT2D eigenvalue weighted by atomic mass is 9.86. The summed E-state index contributed by atoms with van der Waals surface area (Å²) in [6.07, 6.45) is 1.71. The van der Waals surface area contributed by atoms with E-state index < -0.39 is 0 Å². The molecule has 0 aliphatic carbocycles. The van der Waals surface area contributed by atoms with E-state index in [-0.39, 0.29) is 11.5 Å². The monoisotopic (exact) mass is 219 g/mol. The maximum Gasteiger partial charge on any atom is 0.137 e. The fourth-order valence-corrected chi connectivity index (χ4v) is 1.61. The highest BCUT2D eigenvalue weighted by Gasteiger charge is 2.13. The Hall–Kier alpha value is -1.15. The van der Waals surface area contributed by atoms with Crippen molar-refractivity contribution in [3.63, 3.8) is 0 Å². The smallest absolute Gasteiger partial charge is 0.137 e. The second-order valence-electron chi connectivity index (χ2n) is 5.18. The number of rotatable bonds is 4. The number of nitrogens with one attached hydrogen (secondary N) is 1. The average Bonchev–Trinajstić information content (AvgIpc) is 2.25. The van der Waals surface area contributed by atoms with E-state index in [2.05, 4.69) is 50.4 Å². The molecule has 16 heavy (non-hydrogen) atoms. The lowest BCUT2D eigenvalue weighted by Gasteiger charge is -2.19. The molecule has 0 heterocycles. The first-order chi connectivity index (χ1) is 7.47. The van der Waals surface area contributed by atoms with Crippen molar-refractivity contribution in [3.8, 4) is 0 Å². The van der Waals surface area contributed by atoms with Crippen LogP contribution in [0.1, 0.15) is 31.9 Å². The average molecular weight is 219 g/mol. The minimum absolute atomic E-state index is 0.0829. The zero-order chi connectivity index (χ0) is 12.2. The topological polar surface area (TPSA) is 29.1 Å². The van der Waals surface area contributed by atoms with Crippen LogP contribution >= 0.6 is 0 Å². The molecule has 0 aliphatic heterocycles. The van der Waals surface area contributed by atoms with E-state index in [1.165, 1.54) is 11.1 Å². The lowest BCUT2D eigenvalue weighted by Crippen LogP contribution is -2.28. The third-order valence-corrected chi connectivity index (χ3v) is 2.81. The molecule has 0 bridgehead atoms. The predicted molar refractivity (Wildman–Crippen MR) is 67.8 cm³/mol. The van der Waals surface area contributed by atoms with Crippen LogP contribution in [0.4, 0.5) is 0 Å². The van der Waals surface area contributed by atoms with Gasteiger partial charge in [0, 0.05) is 0 Å². The Morgan fingerprint density at radius 1 is 1.25 bits per heavy atom. The molecule has 0 unspecified atom stereocenters. The van der Waals surface area contributed by atoms with Crippen molar-refractivity contribution in [2.45, 2.75) is 38.6 Å². The maximum atomic E-state index is 10.7. The summed E-state index contributed by atoms with van der Waals surface area (Å²) in [5.41, 5.74) is 2.70. The van der Waals surface area contributed by atoms with Crippen LogP contribution < -0.4 is 5.32 Å². The minimum atomic E-state index is -0.0829. The van der Waals surface area contributed by atoms with Gasteiger partial charge in [-0.15, -0.1) is 0 Å². The van der Waals surface area contributed by atoms with E-state index in [9.17, 15) is 4.79 Å². The summed E-state index contributed by atoms with van der Waals surface area (Å²) in [6, 6.07) is 8.42. The molecule has 1 aromatic rings. The number of carbonyl (C=O) groups is 1. The van der Waals surface area contributed by atoms with Crippen molar-refractivity contribution >= 4 is 6.29 Å². The first-order valence-electron chi connectivity index (χ1n) is 5.69. The second kappa shape index (κ2) is 5.26. The third kappa shape index (κ3) is 3.46. The van der Waals surface area contributed by atoms with E-state index in [4.69, 9.17) is 0 Å². The number of hydrogen-bond acceptors (Lipinski definition) is 2. The molecule has 0 spiro atoms. The van der Waals surface area contributed by atoms with E-state index in [1.54, 1.807) is 0 Å². The van der Waals surface area contributed by atoms with Gasteiger partial charge in [-0.1, -0.05) is 45.0 Å². The molecule has 2 heteroatoms. The van der Waals surface area contributed by atoms with Gasteiger partial charge in [-0.25, -0.2) is 0 Å². The summed E-state index contributed by atoms with van der Waals surface area (Å²) in [4.78, 5) is 10.7. The number of benzene rings is 1. The maximum absolute atomic E-state index is 10.7. The minimum Gasteiger partial charge on any atom is -0.311 e. The molecule has 0 amide bonds. The Morgan fingerprint density at radius 2 is 1.81 bits per heavy atom. The fourth-order valence-electron chi connectivity index (χ4n) is 1.61. The van der Waals surface area contributed by atoms with Gasteiger partial charge >= 0.3 is 0 Å².